The highest BCUT2D eigenvalue weighted by molar-refractivity contribution is 5.91. The van der Waals surface area contributed by atoms with Crippen molar-refractivity contribution in [2.45, 2.75) is 96.9 Å². The molecule has 0 spiro atoms. The van der Waals surface area contributed by atoms with Gasteiger partial charge in [0.05, 0.1) is 36.9 Å². The number of aromatic amines is 2. The van der Waals surface area contributed by atoms with Gasteiger partial charge in [0, 0.05) is 31.0 Å². The Kier molecular flexibility index (Phi) is 14.3. The first kappa shape index (κ1) is 45.3. The van der Waals surface area contributed by atoms with E-state index in [4.69, 9.17) is 14.5 Å². The predicted molar refractivity (Wildman–Crippen MR) is 248 cm³/mol. The van der Waals surface area contributed by atoms with Crippen LogP contribution in [-0.4, -0.2) is 86.7 Å². The second-order valence-corrected chi connectivity index (χ2v) is 17.9. The fourth-order valence-electron chi connectivity index (χ4n) is 8.30. The highest BCUT2D eigenvalue weighted by Gasteiger charge is 2.37. The van der Waals surface area contributed by atoms with Crippen LogP contribution in [0.2, 0.25) is 0 Å². The number of allylic oxidation sites excluding steroid dienone is 3. The number of fused-ring (bicyclic) bond motifs is 1. The van der Waals surface area contributed by atoms with E-state index in [0.29, 0.717) is 19.5 Å². The number of nitrogens with zero attached hydrogens (tertiary/aromatic N) is 3. The zero-order valence-electron chi connectivity index (χ0n) is 37.6. The number of carbonyl (C=O) groups excluding carboxylic acids is 4. The van der Waals surface area contributed by atoms with E-state index in [9.17, 15) is 19.2 Å². The normalized spacial score (nSPS) is 17.0. The fraction of sp³-hybridized carbons (Fsp3) is 0.400. The van der Waals surface area contributed by atoms with Gasteiger partial charge >= 0.3 is 12.2 Å². The minimum atomic E-state index is -0.728. The number of methoxy groups -OCH3 is 1. The van der Waals surface area contributed by atoms with Gasteiger partial charge in [0.1, 0.15) is 29.3 Å². The number of amides is 4. The maximum absolute atomic E-state index is 13.6. The Morgan fingerprint density at radius 2 is 1.52 bits per heavy atom. The summed E-state index contributed by atoms with van der Waals surface area (Å²) in [7, 11) is 1.29. The third-order valence-corrected chi connectivity index (χ3v) is 11.7. The van der Waals surface area contributed by atoms with Gasteiger partial charge in [0.25, 0.3) is 0 Å². The van der Waals surface area contributed by atoms with Crippen LogP contribution in [0.15, 0.2) is 97.4 Å². The summed E-state index contributed by atoms with van der Waals surface area (Å²) in [5.74, 6) is 0.999. The minimum Gasteiger partial charge on any atom is -0.453 e. The number of carbonyl (C=O) groups is 4. The number of hydrogen-bond acceptors (Lipinski definition) is 8. The number of nitrogens with one attached hydrogen (secondary N) is 5. The van der Waals surface area contributed by atoms with Gasteiger partial charge in [-0.3, -0.25) is 9.59 Å². The lowest BCUT2D eigenvalue weighted by atomic mass is 9.92. The molecule has 1 saturated heterocycles. The quantitative estimate of drug-likeness (QED) is 0.0647. The molecule has 1 fully saturated rings. The zero-order chi connectivity index (χ0) is 45.4. The van der Waals surface area contributed by atoms with Crippen LogP contribution in [-0.2, 0) is 25.5 Å². The van der Waals surface area contributed by atoms with E-state index >= 15 is 0 Å². The molecule has 1 aliphatic heterocycles. The van der Waals surface area contributed by atoms with Gasteiger partial charge in [0.15, 0.2) is 0 Å². The molecule has 0 bridgehead atoms. The number of likely N-dealkylation sites (tertiary alicyclic amines) is 1. The fourth-order valence-corrected chi connectivity index (χ4v) is 8.30. The van der Waals surface area contributed by atoms with Crippen LogP contribution in [0.1, 0.15) is 84.4 Å². The van der Waals surface area contributed by atoms with Crippen LogP contribution in [0.25, 0.3) is 44.4 Å². The molecule has 2 aliphatic rings. The lowest BCUT2D eigenvalue weighted by Gasteiger charge is -2.30. The first-order valence-electron chi connectivity index (χ1n) is 22.3. The van der Waals surface area contributed by atoms with Crippen molar-refractivity contribution in [1.29, 1.82) is 0 Å². The topological polar surface area (TPSA) is 183 Å². The molecule has 64 heavy (non-hydrogen) atoms. The Labute approximate surface area is 374 Å². The number of aromatic nitrogens is 4. The van der Waals surface area contributed by atoms with E-state index in [0.717, 1.165) is 88.2 Å². The lowest BCUT2D eigenvalue weighted by Crippen LogP contribution is -2.51. The number of alkyl carbamates (subject to hydrolysis) is 2. The Balaban J connectivity index is 0.914. The lowest BCUT2D eigenvalue weighted by molar-refractivity contribution is -0.135. The van der Waals surface area contributed by atoms with Crippen molar-refractivity contribution >= 4 is 34.8 Å². The third kappa shape index (κ3) is 11.3. The highest BCUT2D eigenvalue weighted by Crippen LogP contribution is 2.34. The molecule has 4 atom stereocenters. The van der Waals surface area contributed by atoms with Crippen LogP contribution in [0.3, 0.4) is 0 Å². The van der Waals surface area contributed by atoms with Crippen molar-refractivity contribution < 1.29 is 28.7 Å². The molecule has 336 valence electrons. The summed E-state index contributed by atoms with van der Waals surface area (Å²) in [6.07, 6.45) is 14.8. The van der Waals surface area contributed by atoms with Crippen LogP contribution in [0.5, 0.6) is 0 Å². The molecule has 7 rings (SSSR count). The van der Waals surface area contributed by atoms with Gasteiger partial charge in [-0.2, -0.15) is 0 Å². The molecule has 0 radical (unpaired) electrons. The second-order valence-electron chi connectivity index (χ2n) is 17.9. The largest absolute Gasteiger partial charge is 0.453 e. The van der Waals surface area contributed by atoms with Crippen LogP contribution < -0.4 is 16.0 Å². The monoisotopic (exact) mass is 868 g/mol. The van der Waals surface area contributed by atoms with Crippen LogP contribution >= 0.6 is 0 Å². The molecular formula is C50H60N8O6. The highest BCUT2D eigenvalue weighted by atomic mass is 16.6. The van der Waals surface area contributed by atoms with Crippen molar-refractivity contribution in [3.63, 3.8) is 0 Å². The molecule has 2 aromatic heterocycles. The van der Waals surface area contributed by atoms with Crippen LogP contribution in [0.4, 0.5) is 9.59 Å². The number of H-pyrrole nitrogens is 2. The molecule has 4 unspecified atom stereocenters. The number of aryl methyl sites for hydroxylation is 1. The Hall–Kier alpha value is -6.70. The Bertz CT molecular complexity index is 2500. The molecule has 0 saturated carbocycles. The van der Waals surface area contributed by atoms with Crippen molar-refractivity contribution in [3.05, 3.63) is 109 Å². The van der Waals surface area contributed by atoms with Gasteiger partial charge in [-0.05, 0) is 98.4 Å². The molecule has 14 nitrogen and oxygen atoms in total. The number of unbranched alkanes of at least 4 members (excludes halogenated alkanes) is 1. The average molecular weight is 869 g/mol. The zero-order valence-corrected chi connectivity index (χ0v) is 37.6. The Morgan fingerprint density at radius 1 is 0.828 bits per heavy atom. The summed E-state index contributed by atoms with van der Waals surface area (Å²) in [4.78, 5) is 69.4. The molecule has 3 heterocycles. The Morgan fingerprint density at radius 3 is 2.22 bits per heavy atom. The predicted octanol–water partition coefficient (Wildman–Crippen LogP) is 8.80. The van der Waals surface area contributed by atoms with E-state index in [2.05, 4.69) is 91.6 Å². The average Bonchev–Trinajstić information content (AvgIpc) is 4.08. The first-order chi connectivity index (χ1) is 30.8. The van der Waals surface area contributed by atoms with Gasteiger partial charge in [-0.15, -0.1) is 0 Å². The second kappa shape index (κ2) is 20.2. The molecular weight excluding hydrogens is 809 g/mol. The van der Waals surface area contributed by atoms with E-state index in [1.165, 1.54) is 7.11 Å². The maximum Gasteiger partial charge on any atom is 0.408 e. The van der Waals surface area contributed by atoms with Crippen molar-refractivity contribution in [3.8, 4) is 33.6 Å². The summed E-state index contributed by atoms with van der Waals surface area (Å²) < 4.78 is 10.2. The molecule has 4 amide bonds. The minimum absolute atomic E-state index is 0.104. The summed E-state index contributed by atoms with van der Waals surface area (Å²) >= 11 is 0. The summed E-state index contributed by atoms with van der Waals surface area (Å²) in [6, 6.07) is 19.6. The van der Waals surface area contributed by atoms with Gasteiger partial charge in [-0.25, -0.2) is 19.6 Å². The van der Waals surface area contributed by atoms with Gasteiger partial charge in [-0.1, -0.05) is 86.7 Å². The van der Waals surface area contributed by atoms with Gasteiger partial charge < -0.3 is 40.3 Å². The molecule has 5 aromatic rings. The van der Waals surface area contributed by atoms with E-state index in [-0.39, 0.29) is 29.7 Å². The van der Waals surface area contributed by atoms with Crippen molar-refractivity contribution in [2.24, 2.45) is 11.8 Å². The van der Waals surface area contributed by atoms with E-state index in [1.54, 1.807) is 20.8 Å². The number of ether oxygens (including phenoxy) is 2. The maximum atomic E-state index is 13.6. The summed E-state index contributed by atoms with van der Waals surface area (Å²) in [6.45, 7) is 10.3. The molecule has 14 heteroatoms. The van der Waals surface area contributed by atoms with E-state index in [1.807, 2.05) is 55.4 Å². The first-order valence-corrected chi connectivity index (χ1v) is 22.3. The molecule has 1 aliphatic carbocycles. The number of imidazole rings is 2. The summed E-state index contributed by atoms with van der Waals surface area (Å²) in [5, 5.41) is 10.7. The van der Waals surface area contributed by atoms with Crippen molar-refractivity contribution in [2.75, 3.05) is 20.2 Å². The number of rotatable bonds is 15. The molecule has 5 N–H and O–H groups in total. The van der Waals surface area contributed by atoms with E-state index < -0.39 is 29.9 Å². The van der Waals surface area contributed by atoms with Gasteiger partial charge in [0.2, 0.25) is 11.8 Å². The van der Waals surface area contributed by atoms with Crippen molar-refractivity contribution in [1.82, 2.24) is 40.8 Å². The third-order valence-electron chi connectivity index (χ3n) is 11.7. The SMILES string of the molecule is COC(=O)NC(C(=O)N1CCCC1c1ncc(-c2ccc3cc(-c4ccc(-c5cnc(CCCCNC(=O)C(NC(=O)OC(C)(C)C)C6C=CC=CC6)[nH]5)cc4)ccc3c2)[nH]1)C(C)C. The summed E-state index contributed by atoms with van der Waals surface area (Å²) in [5.41, 5.74) is 5.41. The number of hydrogen-bond donors (Lipinski definition) is 5. The smallest absolute Gasteiger partial charge is 0.408 e. The van der Waals surface area contributed by atoms with Crippen LogP contribution in [0, 0.1) is 11.8 Å². The standard InChI is InChI=1S/C50H60N8O6/c1-31(2)43(56-48(61)63-6)47(60)58-26-12-15-41(58)45-53-30-40(55-45)38-24-23-36-27-35(21-22-37(36)28-38)32-17-19-33(20-18-32)39-29-52-42(54-39)16-10-11-25-51-46(59)44(34-13-8-7-9-14-34)57-49(62)64-50(3,4)5/h7-9,13,17-24,27-31,34,41,43-44H,10-12,14-16,25-26H2,1-6H3,(H,51,59)(H,52,54)(H,53,55)(H,56,61)(H,57,62). The molecule has 3 aromatic carbocycles. The number of benzene rings is 3.